The first-order valence-corrected chi connectivity index (χ1v) is 4.45. The van der Waals surface area contributed by atoms with Crippen molar-refractivity contribution in [3.8, 4) is 0 Å². The SMILES string of the molecule is O=C1CCCC12CCCOC2. The molecule has 2 nitrogen and oxygen atoms in total. The maximum atomic E-state index is 11.5. The molecule has 62 valence electrons. The third kappa shape index (κ3) is 1.09. The Balaban J connectivity index is 2.12. The molecule has 1 aliphatic heterocycles. The smallest absolute Gasteiger partial charge is 0.141 e. The zero-order valence-corrected chi connectivity index (χ0v) is 6.77. The van der Waals surface area contributed by atoms with Gasteiger partial charge in [0.15, 0.2) is 0 Å². The third-order valence-electron chi connectivity index (χ3n) is 2.97. The first-order chi connectivity index (χ1) is 5.33. The number of carbonyl (C=O) groups is 1. The molecule has 0 aromatic heterocycles. The Morgan fingerprint density at radius 3 is 2.64 bits per heavy atom. The molecule has 1 heterocycles. The van der Waals surface area contributed by atoms with Crippen LogP contribution in [0.4, 0.5) is 0 Å². The monoisotopic (exact) mass is 154 g/mol. The lowest BCUT2D eigenvalue weighted by Crippen LogP contribution is -2.35. The van der Waals surface area contributed by atoms with Crippen molar-refractivity contribution in [3.63, 3.8) is 0 Å². The predicted molar refractivity (Wildman–Crippen MR) is 41.3 cm³/mol. The highest BCUT2D eigenvalue weighted by Gasteiger charge is 2.42. The first kappa shape index (κ1) is 7.29. The van der Waals surface area contributed by atoms with Crippen molar-refractivity contribution in [2.24, 2.45) is 5.41 Å². The van der Waals surface area contributed by atoms with Crippen LogP contribution < -0.4 is 0 Å². The van der Waals surface area contributed by atoms with Gasteiger partial charge in [0.25, 0.3) is 0 Å². The quantitative estimate of drug-likeness (QED) is 0.529. The third-order valence-corrected chi connectivity index (χ3v) is 2.97. The van der Waals surface area contributed by atoms with Crippen LogP contribution in [0.25, 0.3) is 0 Å². The molecule has 0 aromatic carbocycles. The van der Waals surface area contributed by atoms with Crippen molar-refractivity contribution >= 4 is 5.78 Å². The minimum Gasteiger partial charge on any atom is -0.380 e. The van der Waals surface area contributed by atoms with E-state index in [1.54, 1.807) is 0 Å². The normalized spacial score (nSPS) is 38.4. The van der Waals surface area contributed by atoms with E-state index < -0.39 is 0 Å². The van der Waals surface area contributed by atoms with E-state index in [-0.39, 0.29) is 5.41 Å². The Bertz CT molecular complexity index is 168. The Morgan fingerprint density at radius 2 is 2.09 bits per heavy atom. The van der Waals surface area contributed by atoms with E-state index in [0.29, 0.717) is 12.4 Å². The van der Waals surface area contributed by atoms with Crippen molar-refractivity contribution in [2.45, 2.75) is 32.1 Å². The first-order valence-electron chi connectivity index (χ1n) is 4.45. The molecular formula is C9H14O2. The Kier molecular flexibility index (Phi) is 1.72. The summed E-state index contributed by atoms with van der Waals surface area (Å²) in [5.41, 5.74) is -0.0295. The van der Waals surface area contributed by atoms with E-state index >= 15 is 0 Å². The van der Waals surface area contributed by atoms with Crippen molar-refractivity contribution < 1.29 is 9.53 Å². The molecule has 1 unspecified atom stereocenters. The van der Waals surface area contributed by atoms with Gasteiger partial charge in [0.2, 0.25) is 0 Å². The molecule has 1 saturated heterocycles. The molecule has 0 radical (unpaired) electrons. The van der Waals surface area contributed by atoms with E-state index in [1.807, 2.05) is 0 Å². The van der Waals surface area contributed by atoms with Gasteiger partial charge >= 0.3 is 0 Å². The second-order valence-electron chi connectivity index (χ2n) is 3.71. The summed E-state index contributed by atoms with van der Waals surface area (Å²) in [7, 11) is 0. The Hall–Kier alpha value is -0.370. The molecule has 2 aliphatic rings. The summed E-state index contributed by atoms with van der Waals surface area (Å²) in [6, 6.07) is 0. The van der Waals surface area contributed by atoms with E-state index in [0.717, 1.165) is 38.7 Å². The minimum absolute atomic E-state index is 0.0295. The van der Waals surface area contributed by atoms with Crippen LogP contribution in [0, 0.1) is 5.41 Å². The molecule has 2 heteroatoms. The van der Waals surface area contributed by atoms with Gasteiger partial charge < -0.3 is 4.74 Å². The van der Waals surface area contributed by atoms with Crippen molar-refractivity contribution in [1.29, 1.82) is 0 Å². The standard InChI is InChI=1S/C9H14O2/c10-8-3-1-4-9(8)5-2-6-11-7-9/h1-7H2. The molecule has 1 spiro atoms. The second-order valence-corrected chi connectivity index (χ2v) is 3.71. The van der Waals surface area contributed by atoms with Crippen molar-refractivity contribution in [3.05, 3.63) is 0 Å². The van der Waals surface area contributed by atoms with E-state index in [9.17, 15) is 4.79 Å². The second kappa shape index (κ2) is 2.59. The topological polar surface area (TPSA) is 26.3 Å². The van der Waals surface area contributed by atoms with Gasteiger partial charge in [-0.25, -0.2) is 0 Å². The molecule has 0 aromatic rings. The molecule has 1 aliphatic carbocycles. The van der Waals surface area contributed by atoms with Gasteiger partial charge in [-0.05, 0) is 25.7 Å². The fourth-order valence-electron chi connectivity index (χ4n) is 2.26. The maximum Gasteiger partial charge on any atom is 0.141 e. The van der Waals surface area contributed by atoms with Gasteiger partial charge in [-0.15, -0.1) is 0 Å². The summed E-state index contributed by atoms with van der Waals surface area (Å²) in [6.07, 6.45) is 5.11. The lowest BCUT2D eigenvalue weighted by Gasteiger charge is -2.31. The summed E-state index contributed by atoms with van der Waals surface area (Å²) < 4.78 is 5.36. The maximum absolute atomic E-state index is 11.5. The van der Waals surface area contributed by atoms with Crippen LogP contribution in [0.15, 0.2) is 0 Å². The van der Waals surface area contributed by atoms with Gasteiger partial charge in [-0.2, -0.15) is 0 Å². The van der Waals surface area contributed by atoms with Gasteiger partial charge in [0, 0.05) is 13.0 Å². The average Bonchev–Trinajstić information content (AvgIpc) is 2.36. The molecule has 2 fully saturated rings. The molecule has 1 atom stereocenters. The van der Waals surface area contributed by atoms with Crippen molar-refractivity contribution in [2.75, 3.05) is 13.2 Å². The molecule has 11 heavy (non-hydrogen) atoms. The predicted octanol–water partition coefficient (Wildman–Crippen LogP) is 1.54. The van der Waals surface area contributed by atoms with Crippen LogP contribution in [0.3, 0.4) is 0 Å². The number of hydrogen-bond donors (Lipinski definition) is 0. The van der Waals surface area contributed by atoms with E-state index in [1.165, 1.54) is 0 Å². The fourth-order valence-corrected chi connectivity index (χ4v) is 2.26. The molecule has 0 bridgehead atoms. The largest absolute Gasteiger partial charge is 0.380 e. The Labute approximate surface area is 66.9 Å². The van der Waals surface area contributed by atoms with Crippen LogP contribution in [-0.2, 0) is 9.53 Å². The highest BCUT2D eigenvalue weighted by Crippen LogP contribution is 2.41. The highest BCUT2D eigenvalue weighted by atomic mass is 16.5. The van der Waals surface area contributed by atoms with Crippen LogP contribution in [0.1, 0.15) is 32.1 Å². The molecule has 0 amide bonds. The highest BCUT2D eigenvalue weighted by molar-refractivity contribution is 5.86. The zero-order chi connectivity index (χ0) is 7.73. The number of hydrogen-bond acceptors (Lipinski definition) is 2. The summed E-state index contributed by atoms with van der Waals surface area (Å²) in [6.45, 7) is 1.56. The number of ketones is 1. The summed E-state index contributed by atoms with van der Waals surface area (Å²) >= 11 is 0. The van der Waals surface area contributed by atoms with Crippen LogP contribution in [0.5, 0.6) is 0 Å². The number of ether oxygens (including phenoxy) is 1. The Morgan fingerprint density at radius 1 is 1.27 bits per heavy atom. The fraction of sp³-hybridized carbons (Fsp3) is 0.889. The lowest BCUT2D eigenvalue weighted by molar-refractivity contribution is -0.132. The summed E-state index contributed by atoms with van der Waals surface area (Å²) in [4.78, 5) is 11.5. The summed E-state index contributed by atoms with van der Waals surface area (Å²) in [5, 5.41) is 0. The number of carbonyl (C=O) groups excluding carboxylic acids is 1. The van der Waals surface area contributed by atoms with Crippen LogP contribution in [-0.4, -0.2) is 19.0 Å². The van der Waals surface area contributed by atoms with Gasteiger partial charge in [0.05, 0.1) is 12.0 Å². The molecule has 2 rings (SSSR count). The zero-order valence-electron chi connectivity index (χ0n) is 6.77. The lowest BCUT2D eigenvalue weighted by atomic mass is 9.80. The van der Waals surface area contributed by atoms with Gasteiger partial charge in [-0.3, -0.25) is 4.79 Å². The average molecular weight is 154 g/mol. The van der Waals surface area contributed by atoms with Crippen LogP contribution in [0.2, 0.25) is 0 Å². The number of rotatable bonds is 0. The van der Waals surface area contributed by atoms with Gasteiger partial charge in [-0.1, -0.05) is 0 Å². The molecule has 1 saturated carbocycles. The van der Waals surface area contributed by atoms with Gasteiger partial charge in [0.1, 0.15) is 5.78 Å². The molecular weight excluding hydrogens is 140 g/mol. The van der Waals surface area contributed by atoms with Crippen molar-refractivity contribution in [1.82, 2.24) is 0 Å². The van der Waals surface area contributed by atoms with E-state index in [4.69, 9.17) is 4.74 Å². The van der Waals surface area contributed by atoms with E-state index in [2.05, 4.69) is 0 Å². The summed E-state index contributed by atoms with van der Waals surface area (Å²) in [5.74, 6) is 0.456. The minimum atomic E-state index is -0.0295. The van der Waals surface area contributed by atoms with Crippen LogP contribution >= 0.6 is 0 Å². The number of Topliss-reactive ketones (excluding diaryl/α,β-unsaturated/α-hetero) is 1. The molecule has 0 N–H and O–H groups in total.